The first-order valence-electron chi connectivity index (χ1n) is 8.15. The van der Waals surface area contributed by atoms with Gasteiger partial charge >= 0.3 is 5.97 Å². The number of carbonyl (C=O) groups excluding carboxylic acids is 2. The van der Waals surface area contributed by atoms with Crippen molar-refractivity contribution in [1.29, 1.82) is 0 Å². The number of Topliss-reactive ketones (excluding diaryl/α,β-unsaturated/α-hetero) is 1. The highest BCUT2D eigenvalue weighted by atomic mass is 16.5. The molecule has 0 unspecified atom stereocenters. The Hall–Kier alpha value is -2.62. The second kappa shape index (κ2) is 7.09. The predicted molar refractivity (Wildman–Crippen MR) is 97.4 cm³/mol. The van der Waals surface area contributed by atoms with Gasteiger partial charge in [0.1, 0.15) is 11.5 Å². The van der Waals surface area contributed by atoms with Crippen LogP contribution in [0.2, 0.25) is 0 Å². The van der Waals surface area contributed by atoms with Gasteiger partial charge in [-0.05, 0) is 48.2 Å². The monoisotopic (exact) mass is 340 g/mol. The number of ketones is 1. The fourth-order valence-electron chi connectivity index (χ4n) is 2.76. The molecular formula is C21H24O4. The van der Waals surface area contributed by atoms with Crippen molar-refractivity contribution in [1.82, 2.24) is 0 Å². The van der Waals surface area contributed by atoms with E-state index in [4.69, 9.17) is 9.47 Å². The Morgan fingerprint density at radius 3 is 1.76 bits per heavy atom. The van der Waals surface area contributed by atoms with Crippen LogP contribution >= 0.6 is 0 Å². The van der Waals surface area contributed by atoms with E-state index in [1.807, 2.05) is 32.0 Å². The third kappa shape index (κ3) is 3.90. The van der Waals surface area contributed by atoms with E-state index in [1.54, 1.807) is 13.2 Å². The smallest absolute Gasteiger partial charge is 0.379 e. The minimum atomic E-state index is -0.846. The molecule has 4 heteroatoms. The Labute approximate surface area is 148 Å². The highest BCUT2D eigenvalue weighted by Gasteiger charge is 2.25. The van der Waals surface area contributed by atoms with Gasteiger partial charge in [0, 0.05) is 12.3 Å². The van der Waals surface area contributed by atoms with Gasteiger partial charge in [0.25, 0.3) is 0 Å². The summed E-state index contributed by atoms with van der Waals surface area (Å²) in [5, 5.41) is 0. The van der Waals surface area contributed by atoms with Crippen LogP contribution in [0.3, 0.4) is 0 Å². The molecule has 25 heavy (non-hydrogen) atoms. The summed E-state index contributed by atoms with van der Waals surface area (Å²) in [6.45, 7) is 9.37. The van der Waals surface area contributed by atoms with Crippen LogP contribution in [0.4, 0.5) is 0 Å². The summed E-state index contributed by atoms with van der Waals surface area (Å²) in [6, 6.07) is 11.8. The third-order valence-electron chi connectivity index (χ3n) is 4.50. The van der Waals surface area contributed by atoms with Gasteiger partial charge in [-0.25, -0.2) is 4.79 Å². The lowest BCUT2D eigenvalue weighted by Crippen LogP contribution is -2.20. The Morgan fingerprint density at radius 1 is 0.880 bits per heavy atom. The molecule has 2 aromatic carbocycles. The lowest BCUT2D eigenvalue weighted by molar-refractivity contribution is -0.146. The summed E-state index contributed by atoms with van der Waals surface area (Å²) in [5.41, 5.74) is 3.92. The summed E-state index contributed by atoms with van der Waals surface area (Å²) in [5.74, 6) is -0.189. The summed E-state index contributed by atoms with van der Waals surface area (Å²) in [6.07, 6.45) is 0. The molecule has 132 valence electrons. The molecule has 0 atom stereocenters. The molecule has 0 aliphatic heterocycles. The van der Waals surface area contributed by atoms with Crippen LogP contribution < -0.4 is 9.47 Å². The van der Waals surface area contributed by atoms with Gasteiger partial charge in [-0.2, -0.15) is 0 Å². The molecule has 0 heterocycles. The molecule has 0 spiro atoms. The van der Waals surface area contributed by atoms with E-state index in [0.717, 1.165) is 22.4 Å². The fourth-order valence-corrected chi connectivity index (χ4v) is 2.76. The van der Waals surface area contributed by atoms with Crippen molar-refractivity contribution in [3.63, 3.8) is 0 Å². The van der Waals surface area contributed by atoms with Crippen molar-refractivity contribution >= 4 is 11.8 Å². The van der Waals surface area contributed by atoms with Crippen molar-refractivity contribution in [2.75, 3.05) is 7.11 Å². The summed E-state index contributed by atoms with van der Waals surface area (Å²) >= 11 is 0. The van der Waals surface area contributed by atoms with Gasteiger partial charge in [-0.3, -0.25) is 4.79 Å². The molecule has 0 radical (unpaired) electrons. The van der Waals surface area contributed by atoms with E-state index in [0.29, 0.717) is 5.75 Å². The molecule has 0 amide bonds. The van der Waals surface area contributed by atoms with E-state index >= 15 is 0 Å². The molecule has 0 aliphatic rings. The number of methoxy groups -OCH3 is 1. The quantitative estimate of drug-likeness (QED) is 0.466. The number of hydrogen-bond acceptors (Lipinski definition) is 4. The zero-order valence-corrected chi connectivity index (χ0v) is 15.6. The maximum absolute atomic E-state index is 11.5. The number of benzene rings is 2. The minimum absolute atomic E-state index is 0.231. The van der Waals surface area contributed by atoms with Crippen molar-refractivity contribution in [3.8, 4) is 11.5 Å². The third-order valence-corrected chi connectivity index (χ3v) is 4.50. The molecule has 0 aliphatic carbocycles. The molecule has 4 nitrogen and oxygen atoms in total. The van der Waals surface area contributed by atoms with Crippen molar-refractivity contribution < 1.29 is 19.1 Å². The molecule has 2 rings (SSSR count). The van der Waals surface area contributed by atoms with E-state index < -0.39 is 11.8 Å². The molecule has 0 fully saturated rings. The van der Waals surface area contributed by atoms with Gasteiger partial charge in [0.05, 0.1) is 7.11 Å². The van der Waals surface area contributed by atoms with Gasteiger partial charge in [0.2, 0.25) is 5.78 Å². The number of esters is 1. The van der Waals surface area contributed by atoms with Crippen LogP contribution in [0.1, 0.15) is 43.0 Å². The molecule has 0 N–H and O–H groups in total. The Bertz CT molecular complexity index is 819. The number of carbonyl (C=O) groups is 2. The highest BCUT2D eigenvalue weighted by Crippen LogP contribution is 2.35. The topological polar surface area (TPSA) is 52.6 Å². The predicted octanol–water partition coefficient (Wildman–Crippen LogP) is 4.13. The van der Waals surface area contributed by atoms with E-state index in [2.05, 4.69) is 26.0 Å². The summed E-state index contributed by atoms with van der Waals surface area (Å²) in [4.78, 5) is 22.6. The fraction of sp³-hybridized carbons (Fsp3) is 0.333. The number of hydrogen-bond donors (Lipinski definition) is 0. The van der Waals surface area contributed by atoms with E-state index in [9.17, 15) is 9.59 Å². The number of ether oxygens (including phenoxy) is 2. The van der Waals surface area contributed by atoms with Gasteiger partial charge in [0.15, 0.2) is 0 Å². The van der Waals surface area contributed by atoms with Crippen molar-refractivity contribution in [2.24, 2.45) is 0 Å². The SMILES string of the molecule is COc1ccc(C(C)(C)c2ccc(OC(=O)C(C)=O)c(C)c2)cc1C. The van der Waals surface area contributed by atoms with Gasteiger partial charge in [-0.15, -0.1) is 0 Å². The standard InChI is InChI=1S/C21H24O4/c1-13-11-16(7-9-18(13)24-6)21(4,5)17-8-10-19(14(2)12-17)25-20(23)15(3)22/h7-12H,1-6H3. The molecule has 2 aromatic rings. The van der Waals surface area contributed by atoms with Gasteiger partial charge in [-0.1, -0.05) is 38.1 Å². The average Bonchev–Trinajstić information content (AvgIpc) is 2.56. The van der Waals surface area contributed by atoms with E-state index in [1.165, 1.54) is 12.5 Å². The minimum Gasteiger partial charge on any atom is -0.496 e. The largest absolute Gasteiger partial charge is 0.496 e. The van der Waals surface area contributed by atoms with Crippen LogP contribution in [0.25, 0.3) is 0 Å². The normalized spacial score (nSPS) is 11.1. The first-order chi connectivity index (χ1) is 11.7. The van der Waals surface area contributed by atoms with Crippen LogP contribution in [0.15, 0.2) is 36.4 Å². The second-order valence-corrected chi connectivity index (χ2v) is 6.74. The zero-order chi connectivity index (χ0) is 18.8. The molecule has 0 saturated carbocycles. The number of rotatable bonds is 5. The lowest BCUT2D eigenvalue weighted by Gasteiger charge is -2.27. The summed E-state index contributed by atoms with van der Waals surface area (Å²) < 4.78 is 10.5. The van der Waals surface area contributed by atoms with Crippen molar-refractivity contribution in [2.45, 2.75) is 40.0 Å². The Kier molecular flexibility index (Phi) is 5.31. The first kappa shape index (κ1) is 18.7. The number of aryl methyl sites for hydroxylation is 2. The molecule has 0 saturated heterocycles. The first-order valence-corrected chi connectivity index (χ1v) is 8.15. The van der Waals surface area contributed by atoms with Gasteiger partial charge < -0.3 is 9.47 Å². The molecular weight excluding hydrogens is 316 g/mol. The maximum Gasteiger partial charge on any atom is 0.379 e. The van der Waals surface area contributed by atoms with Crippen LogP contribution in [0.5, 0.6) is 11.5 Å². The van der Waals surface area contributed by atoms with Crippen LogP contribution in [0, 0.1) is 13.8 Å². The molecule has 0 bridgehead atoms. The zero-order valence-electron chi connectivity index (χ0n) is 15.6. The second-order valence-electron chi connectivity index (χ2n) is 6.74. The Balaban J connectivity index is 2.36. The summed E-state index contributed by atoms with van der Waals surface area (Å²) in [7, 11) is 1.66. The highest BCUT2D eigenvalue weighted by molar-refractivity contribution is 6.33. The van der Waals surface area contributed by atoms with Crippen LogP contribution in [-0.2, 0) is 15.0 Å². The average molecular weight is 340 g/mol. The van der Waals surface area contributed by atoms with E-state index in [-0.39, 0.29) is 5.41 Å². The Morgan fingerprint density at radius 2 is 1.36 bits per heavy atom. The van der Waals surface area contributed by atoms with Crippen molar-refractivity contribution in [3.05, 3.63) is 58.7 Å². The lowest BCUT2D eigenvalue weighted by atomic mass is 9.77. The van der Waals surface area contributed by atoms with Crippen LogP contribution in [-0.4, -0.2) is 18.9 Å². The maximum atomic E-state index is 11.5. The molecule has 0 aromatic heterocycles.